The van der Waals surface area contributed by atoms with E-state index in [1.54, 1.807) is 0 Å². The van der Waals surface area contributed by atoms with Gasteiger partial charge < -0.3 is 5.73 Å². The third-order valence-corrected chi connectivity index (χ3v) is 5.22. The van der Waals surface area contributed by atoms with Gasteiger partial charge in [-0.15, -0.1) is 10.2 Å². The number of nitrogens with zero attached hydrogens (tertiary/aromatic N) is 3. The molecule has 0 fully saturated rings. The molecule has 4 aromatic rings. The minimum absolute atomic E-state index is 0.108. The van der Waals surface area contributed by atoms with E-state index in [0.29, 0.717) is 22.2 Å². The van der Waals surface area contributed by atoms with Gasteiger partial charge in [-0.05, 0) is 48.5 Å². The number of carbonyl (C=O) groups is 1. The molecule has 0 aliphatic heterocycles. The second-order valence-electron chi connectivity index (χ2n) is 6.32. The van der Waals surface area contributed by atoms with Gasteiger partial charge in [0.2, 0.25) is 0 Å². The quantitative estimate of drug-likeness (QED) is 0.288. The molecule has 3 aromatic carbocycles. The van der Waals surface area contributed by atoms with Gasteiger partial charge in [-0.1, -0.05) is 42.1 Å². The summed E-state index contributed by atoms with van der Waals surface area (Å²) in [6.07, 6.45) is 0. The predicted molar refractivity (Wildman–Crippen MR) is 113 cm³/mol. The van der Waals surface area contributed by atoms with E-state index >= 15 is 0 Å². The molecule has 144 valence electrons. The van der Waals surface area contributed by atoms with E-state index in [9.17, 15) is 9.18 Å². The molecular weight excluding hydrogens is 387 g/mol. The van der Waals surface area contributed by atoms with Gasteiger partial charge in [0.1, 0.15) is 5.82 Å². The van der Waals surface area contributed by atoms with Crippen molar-refractivity contribution >= 4 is 23.2 Å². The van der Waals surface area contributed by atoms with Crippen molar-refractivity contribution in [1.29, 1.82) is 0 Å². The van der Waals surface area contributed by atoms with E-state index in [2.05, 4.69) is 10.2 Å². The Morgan fingerprint density at radius 3 is 2.45 bits per heavy atom. The first-order valence-electron chi connectivity index (χ1n) is 8.90. The van der Waals surface area contributed by atoms with Gasteiger partial charge >= 0.3 is 0 Å². The molecule has 0 amide bonds. The second kappa shape index (κ2) is 8.28. The topological polar surface area (TPSA) is 73.8 Å². The van der Waals surface area contributed by atoms with E-state index in [0.717, 1.165) is 11.3 Å². The summed E-state index contributed by atoms with van der Waals surface area (Å²) in [5.41, 5.74) is 8.73. The molecule has 5 nitrogen and oxygen atoms in total. The summed E-state index contributed by atoms with van der Waals surface area (Å²) in [6, 6.07) is 22.6. The number of aromatic nitrogens is 3. The van der Waals surface area contributed by atoms with Gasteiger partial charge in [0, 0.05) is 22.5 Å². The number of hydrogen-bond donors (Lipinski definition) is 1. The fourth-order valence-corrected chi connectivity index (χ4v) is 3.73. The Labute approximate surface area is 171 Å². The zero-order valence-corrected chi connectivity index (χ0v) is 16.1. The van der Waals surface area contributed by atoms with Gasteiger partial charge in [-0.25, -0.2) is 4.39 Å². The van der Waals surface area contributed by atoms with Gasteiger partial charge in [0.05, 0.1) is 5.75 Å². The number of nitrogen functional groups attached to an aromatic ring is 1. The molecular formula is C22H17FN4OS. The van der Waals surface area contributed by atoms with Crippen molar-refractivity contribution in [3.63, 3.8) is 0 Å². The molecule has 7 heteroatoms. The number of hydrogen-bond acceptors (Lipinski definition) is 5. The highest BCUT2D eigenvalue weighted by molar-refractivity contribution is 7.99. The Morgan fingerprint density at radius 2 is 1.72 bits per heavy atom. The average molecular weight is 404 g/mol. The van der Waals surface area contributed by atoms with Gasteiger partial charge in [0.15, 0.2) is 16.8 Å². The molecule has 0 saturated carbocycles. The first-order chi connectivity index (χ1) is 14.1. The number of thioether (sulfide) groups is 1. The summed E-state index contributed by atoms with van der Waals surface area (Å²) in [7, 11) is 0. The van der Waals surface area contributed by atoms with Gasteiger partial charge in [-0.2, -0.15) is 0 Å². The molecule has 4 rings (SSSR count). The number of carbonyl (C=O) groups excluding carboxylic acids is 1. The fourth-order valence-electron chi connectivity index (χ4n) is 2.89. The number of anilines is 1. The molecule has 0 saturated heterocycles. The largest absolute Gasteiger partial charge is 0.399 e. The Kier molecular flexibility index (Phi) is 5.39. The minimum atomic E-state index is -0.371. The molecule has 29 heavy (non-hydrogen) atoms. The fraction of sp³-hybridized carbons (Fsp3) is 0.0455. The van der Waals surface area contributed by atoms with Crippen LogP contribution in [0.4, 0.5) is 10.1 Å². The van der Waals surface area contributed by atoms with E-state index in [1.165, 1.54) is 36.0 Å². The number of halogens is 1. The van der Waals surface area contributed by atoms with Crippen LogP contribution < -0.4 is 5.73 Å². The highest BCUT2D eigenvalue weighted by Crippen LogP contribution is 2.29. The van der Waals surface area contributed by atoms with Crippen molar-refractivity contribution in [2.45, 2.75) is 5.16 Å². The highest BCUT2D eigenvalue weighted by Gasteiger charge is 2.18. The molecule has 1 heterocycles. The van der Waals surface area contributed by atoms with E-state index in [-0.39, 0.29) is 17.4 Å². The molecule has 2 N–H and O–H groups in total. The van der Waals surface area contributed by atoms with E-state index in [4.69, 9.17) is 5.73 Å². The lowest BCUT2D eigenvalue weighted by molar-refractivity contribution is 0.102. The van der Waals surface area contributed by atoms with Crippen molar-refractivity contribution in [3.05, 3.63) is 90.2 Å². The summed E-state index contributed by atoms with van der Waals surface area (Å²) in [4.78, 5) is 12.5. The van der Waals surface area contributed by atoms with E-state index < -0.39 is 0 Å². The van der Waals surface area contributed by atoms with Crippen LogP contribution in [0.2, 0.25) is 0 Å². The van der Waals surface area contributed by atoms with E-state index in [1.807, 2.05) is 59.2 Å². The number of Topliss-reactive ketones (excluding diaryl/α,β-unsaturated/α-hetero) is 1. The molecule has 0 radical (unpaired) electrons. The van der Waals surface area contributed by atoms with Crippen molar-refractivity contribution in [2.75, 3.05) is 11.5 Å². The van der Waals surface area contributed by atoms with Crippen LogP contribution in [-0.2, 0) is 0 Å². The smallest absolute Gasteiger partial charge is 0.196 e. The Hall–Kier alpha value is -3.45. The van der Waals surface area contributed by atoms with Crippen molar-refractivity contribution in [1.82, 2.24) is 14.8 Å². The van der Waals surface area contributed by atoms with Gasteiger partial charge in [-0.3, -0.25) is 9.36 Å². The number of rotatable bonds is 6. The third-order valence-electron chi connectivity index (χ3n) is 4.29. The molecule has 0 atom stereocenters. The molecule has 0 unspecified atom stereocenters. The number of ketones is 1. The van der Waals surface area contributed by atoms with Crippen LogP contribution in [-0.4, -0.2) is 26.3 Å². The standard InChI is InChI=1S/C22H17FN4OS/c23-17-11-9-15(10-12-17)20(28)14-29-22-26-25-21(16-5-4-6-18(24)13-16)27(22)19-7-2-1-3-8-19/h1-13H,14,24H2. The maximum Gasteiger partial charge on any atom is 0.196 e. The van der Waals surface area contributed by atoms with Crippen LogP contribution in [0.1, 0.15) is 10.4 Å². The summed E-state index contributed by atoms with van der Waals surface area (Å²) >= 11 is 1.28. The Balaban J connectivity index is 1.66. The van der Waals surface area contributed by atoms with Crippen LogP contribution in [0.25, 0.3) is 17.1 Å². The lowest BCUT2D eigenvalue weighted by Crippen LogP contribution is -2.05. The zero-order chi connectivity index (χ0) is 20.2. The summed E-state index contributed by atoms with van der Waals surface area (Å²) in [6.45, 7) is 0. The minimum Gasteiger partial charge on any atom is -0.399 e. The SMILES string of the molecule is Nc1cccc(-c2nnc(SCC(=O)c3ccc(F)cc3)n2-c2ccccc2)c1. The summed E-state index contributed by atoms with van der Waals surface area (Å²) in [5.74, 6) is 0.321. The lowest BCUT2D eigenvalue weighted by Gasteiger charge is -2.10. The number of para-hydroxylation sites is 1. The maximum absolute atomic E-state index is 13.1. The van der Waals surface area contributed by atoms with Crippen molar-refractivity contribution < 1.29 is 9.18 Å². The first-order valence-corrected chi connectivity index (χ1v) is 9.89. The normalized spacial score (nSPS) is 10.8. The first kappa shape index (κ1) is 18.9. The maximum atomic E-state index is 13.1. The highest BCUT2D eigenvalue weighted by atomic mass is 32.2. The van der Waals surface area contributed by atoms with Crippen LogP contribution in [0, 0.1) is 5.82 Å². The van der Waals surface area contributed by atoms with Crippen LogP contribution >= 0.6 is 11.8 Å². The van der Waals surface area contributed by atoms with Crippen LogP contribution in [0.3, 0.4) is 0 Å². The van der Waals surface area contributed by atoms with Crippen molar-refractivity contribution in [3.8, 4) is 17.1 Å². The summed E-state index contributed by atoms with van der Waals surface area (Å²) < 4.78 is 15.0. The second-order valence-corrected chi connectivity index (χ2v) is 7.26. The molecule has 0 bridgehead atoms. The van der Waals surface area contributed by atoms with Crippen LogP contribution in [0.5, 0.6) is 0 Å². The molecule has 0 aliphatic carbocycles. The third kappa shape index (κ3) is 4.20. The van der Waals surface area contributed by atoms with Crippen LogP contribution in [0.15, 0.2) is 84.0 Å². The van der Waals surface area contributed by atoms with Crippen molar-refractivity contribution in [2.24, 2.45) is 0 Å². The monoisotopic (exact) mass is 404 g/mol. The van der Waals surface area contributed by atoms with Gasteiger partial charge in [0.25, 0.3) is 0 Å². The average Bonchev–Trinajstić information content (AvgIpc) is 3.17. The Morgan fingerprint density at radius 1 is 0.966 bits per heavy atom. The number of benzene rings is 3. The molecule has 0 spiro atoms. The molecule has 0 aliphatic rings. The molecule has 1 aromatic heterocycles. The Bertz CT molecular complexity index is 1140. The zero-order valence-electron chi connectivity index (χ0n) is 15.3. The predicted octanol–water partition coefficient (Wildman–Crippen LogP) is 4.63. The lowest BCUT2D eigenvalue weighted by atomic mass is 10.1. The number of nitrogens with two attached hydrogens (primary N) is 1. The summed E-state index contributed by atoms with van der Waals surface area (Å²) in [5, 5.41) is 9.23.